The van der Waals surface area contributed by atoms with Gasteiger partial charge in [-0.15, -0.1) is 0 Å². The van der Waals surface area contributed by atoms with Crippen molar-refractivity contribution in [2.45, 2.75) is 25.8 Å². The molecule has 1 atom stereocenters. The third kappa shape index (κ3) is 4.58. The predicted octanol–water partition coefficient (Wildman–Crippen LogP) is 4.74. The van der Waals surface area contributed by atoms with Gasteiger partial charge in [0.25, 0.3) is 0 Å². The van der Waals surface area contributed by atoms with E-state index in [1.54, 1.807) is 7.11 Å². The third-order valence-electron chi connectivity index (χ3n) is 3.49. The van der Waals surface area contributed by atoms with Gasteiger partial charge in [0.1, 0.15) is 5.75 Å². The van der Waals surface area contributed by atoms with Crippen molar-refractivity contribution in [1.82, 2.24) is 5.32 Å². The van der Waals surface area contributed by atoms with Gasteiger partial charge in [-0.25, -0.2) is 0 Å². The Bertz CT molecular complexity index is 556. The molecule has 3 heteroatoms. The fraction of sp³-hybridized carbons (Fsp3) is 0.333. The van der Waals surface area contributed by atoms with E-state index >= 15 is 0 Å². The largest absolute Gasteiger partial charge is 0.496 e. The minimum absolute atomic E-state index is 0.260. The van der Waals surface area contributed by atoms with Crippen LogP contribution in [0, 0.1) is 0 Å². The third-order valence-corrected chi connectivity index (χ3v) is 3.99. The van der Waals surface area contributed by atoms with Crippen LogP contribution in [0.1, 0.15) is 30.5 Å². The minimum atomic E-state index is 0.260. The smallest absolute Gasteiger partial charge is 0.124 e. The summed E-state index contributed by atoms with van der Waals surface area (Å²) in [5, 5.41) is 3.63. The van der Waals surface area contributed by atoms with Crippen LogP contribution in [0.2, 0.25) is 0 Å². The second-order valence-corrected chi connectivity index (χ2v) is 6.00. The van der Waals surface area contributed by atoms with Crippen LogP contribution in [-0.4, -0.2) is 13.7 Å². The lowest BCUT2D eigenvalue weighted by Crippen LogP contribution is -2.24. The number of nitrogens with one attached hydrogen (secondary N) is 1. The molecule has 2 aromatic carbocycles. The van der Waals surface area contributed by atoms with Crippen molar-refractivity contribution < 1.29 is 4.74 Å². The van der Waals surface area contributed by atoms with Crippen LogP contribution >= 0.6 is 15.9 Å². The summed E-state index contributed by atoms with van der Waals surface area (Å²) in [6.07, 6.45) is 2.07. The molecule has 1 N–H and O–H groups in total. The summed E-state index contributed by atoms with van der Waals surface area (Å²) in [7, 11) is 1.73. The number of methoxy groups -OCH3 is 1. The quantitative estimate of drug-likeness (QED) is 0.780. The Kier molecular flexibility index (Phi) is 6.27. The minimum Gasteiger partial charge on any atom is -0.496 e. The first-order chi connectivity index (χ1) is 10.2. The van der Waals surface area contributed by atoms with Crippen LogP contribution in [0.4, 0.5) is 0 Å². The molecule has 0 heterocycles. The van der Waals surface area contributed by atoms with Gasteiger partial charge in [0, 0.05) is 16.1 Å². The van der Waals surface area contributed by atoms with Gasteiger partial charge in [-0.2, -0.15) is 0 Å². The van der Waals surface area contributed by atoms with E-state index in [-0.39, 0.29) is 6.04 Å². The number of hydrogen-bond donors (Lipinski definition) is 1. The molecule has 1 unspecified atom stereocenters. The summed E-state index contributed by atoms with van der Waals surface area (Å²) in [5.41, 5.74) is 2.54. The predicted molar refractivity (Wildman–Crippen MR) is 91.9 cm³/mol. The molecule has 0 aromatic heterocycles. The van der Waals surface area contributed by atoms with Gasteiger partial charge in [-0.05, 0) is 37.1 Å². The molecular weight excluding hydrogens is 326 g/mol. The number of rotatable bonds is 7. The summed E-state index contributed by atoms with van der Waals surface area (Å²) in [6, 6.07) is 17.1. The van der Waals surface area contributed by atoms with E-state index in [9.17, 15) is 0 Å². The average Bonchev–Trinajstić information content (AvgIpc) is 2.52. The van der Waals surface area contributed by atoms with Crippen molar-refractivity contribution in [2.75, 3.05) is 13.7 Å². The van der Waals surface area contributed by atoms with Crippen molar-refractivity contribution in [3.63, 3.8) is 0 Å². The maximum absolute atomic E-state index is 5.55. The van der Waals surface area contributed by atoms with E-state index in [0.717, 1.165) is 29.6 Å². The summed E-state index contributed by atoms with van der Waals surface area (Å²) >= 11 is 3.51. The fourth-order valence-electron chi connectivity index (χ4n) is 2.43. The lowest BCUT2D eigenvalue weighted by Gasteiger charge is -2.21. The molecule has 2 rings (SSSR count). The molecule has 0 saturated carbocycles. The molecule has 112 valence electrons. The number of benzene rings is 2. The molecule has 2 nitrogen and oxygen atoms in total. The highest BCUT2D eigenvalue weighted by atomic mass is 79.9. The molecule has 0 bridgehead atoms. The molecular formula is C18H22BrNO. The molecule has 0 radical (unpaired) electrons. The SMILES string of the molecule is CCCNC(Cc1ccccc1)c1ccc(Br)cc1OC. The van der Waals surface area contributed by atoms with E-state index in [0.29, 0.717) is 0 Å². The summed E-state index contributed by atoms with van der Waals surface area (Å²) in [4.78, 5) is 0. The Morgan fingerprint density at radius 2 is 1.90 bits per heavy atom. The lowest BCUT2D eigenvalue weighted by atomic mass is 9.98. The Morgan fingerprint density at radius 1 is 1.14 bits per heavy atom. The molecule has 0 fully saturated rings. The van der Waals surface area contributed by atoms with Gasteiger partial charge in [0.2, 0.25) is 0 Å². The summed E-state index contributed by atoms with van der Waals surface area (Å²) in [6.45, 7) is 3.18. The zero-order valence-corrected chi connectivity index (χ0v) is 14.2. The first kappa shape index (κ1) is 16.1. The maximum Gasteiger partial charge on any atom is 0.124 e. The summed E-state index contributed by atoms with van der Waals surface area (Å²) < 4.78 is 6.59. The Morgan fingerprint density at radius 3 is 2.57 bits per heavy atom. The van der Waals surface area contributed by atoms with Crippen molar-refractivity contribution in [1.29, 1.82) is 0 Å². The fourth-order valence-corrected chi connectivity index (χ4v) is 2.77. The van der Waals surface area contributed by atoms with E-state index in [2.05, 4.69) is 70.6 Å². The molecule has 0 aliphatic carbocycles. The molecule has 0 saturated heterocycles. The van der Waals surface area contributed by atoms with Crippen molar-refractivity contribution >= 4 is 15.9 Å². The van der Waals surface area contributed by atoms with E-state index in [1.807, 2.05) is 6.07 Å². The molecule has 2 aromatic rings. The van der Waals surface area contributed by atoms with Gasteiger partial charge in [-0.1, -0.05) is 59.3 Å². The highest BCUT2D eigenvalue weighted by molar-refractivity contribution is 9.10. The van der Waals surface area contributed by atoms with Crippen LogP contribution in [0.5, 0.6) is 5.75 Å². The van der Waals surface area contributed by atoms with Crippen molar-refractivity contribution in [3.05, 3.63) is 64.1 Å². The first-order valence-electron chi connectivity index (χ1n) is 7.35. The topological polar surface area (TPSA) is 21.3 Å². The van der Waals surface area contributed by atoms with Gasteiger partial charge >= 0.3 is 0 Å². The Hall–Kier alpha value is -1.32. The van der Waals surface area contributed by atoms with Crippen LogP contribution in [0.3, 0.4) is 0 Å². The highest BCUT2D eigenvalue weighted by Gasteiger charge is 2.16. The van der Waals surface area contributed by atoms with Crippen LogP contribution < -0.4 is 10.1 Å². The maximum atomic E-state index is 5.55. The van der Waals surface area contributed by atoms with Gasteiger partial charge in [0.05, 0.1) is 7.11 Å². The monoisotopic (exact) mass is 347 g/mol. The van der Waals surface area contributed by atoms with E-state index in [1.165, 1.54) is 11.1 Å². The highest BCUT2D eigenvalue weighted by Crippen LogP contribution is 2.30. The zero-order chi connectivity index (χ0) is 15.1. The molecule has 0 aliphatic rings. The zero-order valence-electron chi connectivity index (χ0n) is 12.6. The normalized spacial score (nSPS) is 12.1. The Balaban J connectivity index is 2.27. The number of ether oxygens (including phenoxy) is 1. The second kappa shape index (κ2) is 8.20. The van der Waals surface area contributed by atoms with Gasteiger partial charge in [0.15, 0.2) is 0 Å². The van der Waals surface area contributed by atoms with Crippen molar-refractivity contribution in [3.8, 4) is 5.75 Å². The first-order valence-corrected chi connectivity index (χ1v) is 8.14. The van der Waals surface area contributed by atoms with Gasteiger partial charge < -0.3 is 10.1 Å². The average molecular weight is 348 g/mol. The molecule has 21 heavy (non-hydrogen) atoms. The van der Waals surface area contributed by atoms with Crippen LogP contribution in [0.15, 0.2) is 53.0 Å². The molecule has 0 aliphatic heterocycles. The number of halogens is 1. The Labute approximate surface area is 135 Å². The van der Waals surface area contributed by atoms with Gasteiger partial charge in [-0.3, -0.25) is 0 Å². The van der Waals surface area contributed by atoms with Crippen molar-refractivity contribution in [2.24, 2.45) is 0 Å². The summed E-state index contributed by atoms with van der Waals surface area (Å²) in [5.74, 6) is 0.925. The van der Waals surface area contributed by atoms with Crippen LogP contribution in [0.25, 0.3) is 0 Å². The molecule has 0 spiro atoms. The molecule has 0 amide bonds. The van der Waals surface area contributed by atoms with Crippen LogP contribution in [-0.2, 0) is 6.42 Å². The lowest BCUT2D eigenvalue weighted by molar-refractivity contribution is 0.398. The number of hydrogen-bond acceptors (Lipinski definition) is 2. The standard InChI is InChI=1S/C18H22BrNO/c1-3-11-20-17(12-14-7-5-4-6-8-14)16-10-9-15(19)13-18(16)21-2/h4-10,13,17,20H,3,11-12H2,1-2H3. The van der Waals surface area contributed by atoms with E-state index < -0.39 is 0 Å². The second-order valence-electron chi connectivity index (χ2n) is 5.08. The van der Waals surface area contributed by atoms with E-state index in [4.69, 9.17) is 4.74 Å².